The van der Waals surface area contributed by atoms with Crippen molar-refractivity contribution in [2.45, 2.75) is 51.1 Å². The molecule has 5 nitrogen and oxygen atoms in total. The van der Waals surface area contributed by atoms with E-state index in [0.717, 1.165) is 25.9 Å². The standard InChI is InChI=1S/C16H34N4O/c1-14(17)6-5-7-16(21)20(4)13-12-19(3)15-8-10-18(2)11-9-15/h14-15H,5-13,17H2,1-4H3. The lowest BCUT2D eigenvalue weighted by Gasteiger charge is -2.35. The van der Waals surface area contributed by atoms with E-state index in [1.807, 2.05) is 18.9 Å². The van der Waals surface area contributed by atoms with Gasteiger partial charge in [0.25, 0.3) is 0 Å². The van der Waals surface area contributed by atoms with Crippen molar-refractivity contribution >= 4 is 5.91 Å². The third-order valence-electron chi connectivity index (χ3n) is 4.58. The number of hydrogen-bond acceptors (Lipinski definition) is 4. The van der Waals surface area contributed by atoms with Crippen LogP contribution < -0.4 is 5.73 Å². The van der Waals surface area contributed by atoms with Gasteiger partial charge in [-0.1, -0.05) is 0 Å². The van der Waals surface area contributed by atoms with E-state index in [1.54, 1.807) is 0 Å². The summed E-state index contributed by atoms with van der Waals surface area (Å²) in [5.41, 5.74) is 5.71. The Balaban J connectivity index is 2.19. The molecule has 0 aromatic rings. The Morgan fingerprint density at radius 3 is 2.48 bits per heavy atom. The van der Waals surface area contributed by atoms with Crippen LogP contribution in [-0.2, 0) is 4.79 Å². The molecule has 2 N–H and O–H groups in total. The molecular weight excluding hydrogens is 264 g/mol. The highest BCUT2D eigenvalue weighted by Crippen LogP contribution is 2.13. The van der Waals surface area contributed by atoms with Gasteiger partial charge in [-0.05, 0) is 59.8 Å². The summed E-state index contributed by atoms with van der Waals surface area (Å²) in [4.78, 5) is 18.7. The van der Waals surface area contributed by atoms with Crippen LogP contribution >= 0.6 is 0 Å². The van der Waals surface area contributed by atoms with Gasteiger partial charge in [-0.25, -0.2) is 0 Å². The number of likely N-dealkylation sites (tertiary alicyclic amines) is 1. The van der Waals surface area contributed by atoms with Crippen LogP contribution in [0.4, 0.5) is 0 Å². The number of nitrogens with two attached hydrogens (primary N) is 1. The number of rotatable bonds is 8. The third kappa shape index (κ3) is 7.25. The molecule has 0 aromatic carbocycles. The van der Waals surface area contributed by atoms with E-state index in [1.165, 1.54) is 25.9 Å². The molecule has 0 radical (unpaired) electrons. The zero-order chi connectivity index (χ0) is 15.8. The summed E-state index contributed by atoms with van der Waals surface area (Å²) in [6.45, 7) is 6.14. The number of hydrogen-bond donors (Lipinski definition) is 1. The molecule has 0 spiro atoms. The monoisotopic (exact) mass is 298 g/mol. The Hall–Kier alpha value is -0.650. The molecule has 21 heavy (non-hydrogen) atoms. The Morgan fingerprint density at radius 2 is 1.90 bits per heavy atom. The minimum atomic E-state index is 0.193. The van der Waals surface area contributed by atoms with E-state index in [-0.39, 0.29) is 11.9 Å². The number of piperidine rings is 1. The zero-order valence-corrected chi connectivity index (χ0v) is 14.3. The predicted octanol–water partition coefficient (Wildman–Crippen LogP) is 0.988. The second kappa shape index (κ2) is 9.38. The lowest BCUT2D eigenvalue weighted by atomic mass is 10.0. The average molecular weight is 298 g/mol. The van der Waals surface area contributed by atoms with Crippen LogP contribution in [0.5, 0.6) is 0 Å². The highest BCUT2D eigenvalue weighted by Gasteiger charge is 2.20. The fourth-order valence-corrected chi connectivity index (χ4v) is 2.82. The Bertz CT molecular complexity index is 301. The molecule has 1 rings (SSSR count). The molecule has 0 bridgehead atoms. The van der Waals surface area contributed by atoms with E-state index in [9.17, 15) is 4.79 Å². The number of carbonyl (C=O) groups excluding carboxylic acids is 1. The largest absolute Gasteiger partial charge is 0.344 e. The van der Waals surface area contributed by atoms with Crippen molar-refractivity contribution in [3.63, 3.8) is 0 Å². The maximum Gasteiger partial charge on any atom is 0.222 e. The van der Waals surface area contributed by atoms with Crippen LogP contribution in [-0.4, -0.2) is 80.0 Å². The number of carbonyl (C=O) groups is 1. The quantitative estimate of drug-likeness (QED) is 0.726. The SMILES string of the molecule is CC(N)CCCC(=O)N(C)CCN(C)C1CCN(C)CC1. The molecule has 0 aliphatic carbocycles. The van der Waals surface area contributed by atoms with Crippen molar-refractivity contribution in [1.29, 1.82) is 0 Å². The molecule has 1 aliphatic rings. The lowest BCUT2D eigenvalue weighted by Crippen LogP contribution is -2.44. The topological polar surface area (TPSA) is 52.8 Å². The summed E-state index contributed by atoms with van der Waals surface area (Å²) >= 11 is 0. The van der Waals surface area contributed by atoms with Gasteiger partial charge >= 0.3 is 0 Å². The highest BCUT2D eigenvalue weighted by atomic mass is 16.2. The van der Waals surface area contributed by atoms with Crippen LogP contribution in [0.1, 0.15) is 39.0 Å². The molecule has 124 valence electrons. The number of nitrogens with zero attached hydrogens (tertiary/aromatic N) is 3. The summed E-state index contributed by atoms with van der Waals surface area (Å²) in [5.74, 6) is 0.243. The smallest absolute Gasteiger partial charge is 0.222 e. The van der Waals surface area contributed by atoms with E-state index < -0.39 is 0 Å². The fraction of sp³-hybridized carbons (Fsp3) is 0.938. The summed E-state index contributed by atoms with van der Waals surface area (Å²) in [6, 6.07) is 0.862. The minimum Gasteiger partial charge on any atom is -0.344 e. The second-order valence-electron chi connectivity index (χ2n) is 6.70. The summed E-state index contributed by atoms with van der Waals surface area (Å²) in [6.07, 6.45) is 4.91. The van der Waals surface area contributed by atoms with Crippen molar-refractivity contribution in [3.8, 4) is 0 Å². The van der Waals surface area contributed by atoms with Gasteiger partial charge in [-0.2, -0.15) is 0 Å². The van der Waals surface area contributed by atoms with E-state index in [0.29, 0.717) is 12.5 Å². The van der Waals surface area contributed by atoms with Crippen LogP contribution in [0, 0.1) is 0 Å². The van der Waals surface area contributed by atoms with Gasteiger partial charge in [0.05, 0.1) is 0 Å². The molecule has 1 aliphatic heterocycles. The number of likely N-dealkylation sites (N-methyl/N-ethyl adjacent to an activating group) is 2. The predicted molar refractivity (Wildman–Crippen MR) is 88.3 cm³/mol. The normalized spacial score (nSPS) is 19.0. The van der Waals surface area contributed by atoms with Gasteiger partial charge in [0.2, 0.25) is 5.91 Å². The van der Waals surface area contributed by atoms with Crippen molar-refractivity contribution in [2.75, 3.05) is 47.3 Å². The van der Waals surface area contributed by atoms with E-state index >= 15 is 0 Å². The van der Waals surface area contributed by atoms with Gasteiger partial charge in [-0.3, -0.25) is 4.79 Å². The minimum absolute atomic E-state index is 0.193. The molecule has 1 saturated heterocycles. The first kappa shape index (κ1) is 18.4. The fourth-order valence-electron chi connectivity index (χ4n) is 2.82. The van der Waals surface area contributed by atoms with Crippen LogP contribution in [0.3, 0.4) is 0 Å². The summed E-state index contributed by atoms with van der Waals surface area (Å²) < 4.78 is 0. The maximum atomic E-state index is 12.0. The van der Waals surface area contributed by atoms with Gasteiger partial charge in [-0.15, -0.1) is 0 Å². The van der Waals surface area contributed by atoms with Gasteiger partial charge in [0.15, 0.2) is 0 Å². The molecule has 1 amide bonds. The third-order valence-corrected chi connectivity index (χ3v) is 4.58. The number of amides is 1. The summed E-state index contributed by atoms with van der Waals surface area (Å²) in [7, 11) is 6.28. The van der Waals surface area contributed by atoms with Gasteiger partial charge < -0.3 is 20.4 Å². The molecule has 1 unspecified atom stereocenters. The van der Waals surface area contributed by atoms with Crippen LogP contribution in [0.25, 0.3) is 0 Å². The maximum absolute atomic E-state index is 12.0. The molecule has 1 fully saturated rings. The molecule has 5 heteroatoms. The van der Waals surface area contributed by atoms with Gasteiger partial charge in [0.1, 0.15) is 0 Å². The molecular formula is C16H34N4O. The average Bonchev–Trinajstić information content (AvgIpc) is 2.44. The van der Waals surface area contributed by atoms with Crippen molar-refractivity contribution < 1.29 is 4.79 Å². The molecule has 0 saturated carbocycles. The van der Waals surface area contributed by atoms with Crippen LogP contribution in [0.15, 0.2) is 0 Å². The Kier molecular flexibility index (Phi) is 8.22. The highest BCUT2D eigenvalue weighted by molar-refractivity contribution is 5.75. The molecule has 0 aromatic heterocycles. The molecule has 1 heterocycles. The first-order chi connectivity index (χ1) is 9.90. The first-order valence-electron chi connectivity index (χ1n) is 8.28. The summed E-state index contributed by atoms with van der Waals surface area (Å²) in [5, 5.41) is 0. The zero-order valence-electron chi connectivity index (χ0n) is 14.3. The van der Waals surface area contributed by atoms with E-state index in [2.05, 4.69) is 23.9 Å². The molecule has 1 atom stereocenters. The van der Waals surface area contributed by atoms with E-state index in [4.69, 9.17) is 5.73 Å². The van der Waals surface area contributed by atoms with Crippen LogP contribution in [0.2, 0.25) is 0 Å². The second-order valence-corrected chi connectivity index (χ2v) is 6.70. The lowest BCUT2D eigenvalue weighted by molar-refractivity contribution is -0.130. The Morgan fingerprint density at radius 1 is 1.29 bits per heavy atom. The van der Waals surface area contributed by atoms with Crippen molar-refractivity contribution in [2.24, 2.45) is 5.73 Å². The Labute approximate surface area is 130 Å². The van der Waals surface area contributed by atoms with Crippen molar-refractivity contribution in [3.05, 3.63) is 0 Å². The van der Waals surface area contributed by atoms with Crippen molar-refractivity contribution in [1.82, 2.24) is 14.7 Å². The van der Waals surface area contributed by atoms with Gasteiger partial charge in [0, 0.05) is 38.6 Å². The first-order valence-corrected chi connectivity index (χ1v) is 8.28.